The number of fused-ring (bicyclic) bond motifs is 1. The van der Waals surface area contributed by atoms with Crippen molar-refractivity contribution in [3.05, 3.63) is 54.1 Å². The molecular formula is C20H20F3N3O3S. The standard InChI is InChI=1S/C20H20F3N3O3S/c1-26(2)16(12-28-11-13-6-4-3-5-7-13)18(27)25-19-24-15-9-8-14(10-17(15)30-19)29-20(21,22)23/h3-10,16H,11-12H2,1-2H3,(H,24,25,27). The van der Waals surface area contributed by atoms with Crippen LogP contribution in [0.1, 0.15) is 5.56 Å². The quantitative estimate of drug-likeness (QED) is 0.568. The van der Waals surface area contributed by atoms with Gasteiger partial charge in [-0.05, 0) is 31.8 Å². The van der Waals surface area contributed by atoms with Gasteiger partial charge in [0.2, 0.25) is 5.91 Å². The zero-order valence-corrected chi connectivity index (χ0v) is 17.1. The van der Waals surface area contributed by atoms with E-state index < -0.39 is 12.4 Å². The molecule has 0 spiro atoms. The van der Waals surface area contributed by atoms with E-state index >= 15 is 0 Å². The summed E-state index contributed by atoms with van der Waals surface area (Å²) in [6.07, 6.45) is -4.77. The predicted molar refractivity (Wildman–Crippen MR) is 109 cm³/mol. The molecule has 0 bridgehead atoms. The van der Waals surface area contributed by atoms with Crippen molar-refractivity contribution in [1.29, 1.82) is 0 Å². The number of alkyl halides is 3. The first-order valence-corrected chi connectivity index (χ1v) is 9.78. The Kier molecular flexibility index (Phi) is 6.91. The van der Waals surface area contributed by atoms with Gasteiger partial charge in [0.15, 0.2) is 5.13 Å². The Morgan fingerprint density at radius 2 is 1.93 bits per heavy atom. The molecule has 3 rings (SSSR count). The summed E-state index contributed by atoms with van der Waals surface area (Å²) in [4.78, 5) is 18.7. The summed E-state index contributed by atoms with van der Waals surface area (Å²) in [7, 11) is 3.52. The molecule has 6 nitrogen and oxygen atoms in total. The Hall–Kier alpha value is -2.69. The molecule has 0 saturated heterocycles. The molecule has 1 N–H and O–H groups in total. The fraction of sp³-hybridized carbons (Fsp3) is 0.300. The van der Waals surface area contributed by atoms with E-state index in [4.69, 9.17) is 4.74 Å². The van der Waals surface area contributed by atoms with Crippen LogP contribution in [0.5, 0.6) is 5.75 Å². The fourth-order valence-electron chi connectivity index (χ4n) is 2.67. The summed E-state index contributed by atoms with van der Waals surface area (Å²) in [6.45, 7) is 0.545. The molecule has 160 valence electrons. The normalized spacial score (nSPS) is 12.9. The lowest BCUT2D eigenvalue weighted by Gasteiger charge is -2.22. The van der Waals surface area contributed by atoms with E-state index in [9.17, 15) is 18.0 Å². The first kappa shape index (κ1) is 22.0. The Balaban J connectivity index is 1.63. The molecule has 1 aromatic heterocycles. The summed E-state index contributed by atoms with van der Waals surface area (Å²) >= 11 is 1.07. The van der Waals surface area contributed by atoms with Crippen molar-refractivity contribution in [3.63, 3.8) is 0 Å². The van der Waals surface area contributed by atoms with E-state index in [1.807, 2.05) is 30.3 Å². The Labute approximate surface area is 175 Å². The fourth-order valence-corrected chi connectivity index (χ4v) is 3.56. The third kappa shape index (κ3) is 6.15. The highest BCUT2D eigenvalue weighted by Crippen LogP contribution is 2.31. The number of likely N-dealkylation sites (N-methyl/N-ethyl adjacent to an activating group) is 1. The number of halogens is 3. The predicted octanol–water partition coefficient (Wildman–Crippen LogP) is 4.28. The van der Waals surface area contributed by atoms with Crippen LogP contribution in [0.15, 0.2) is 48.5 Å². The number of hydrogen-bond donors (Lipinski definition) is 1. The summed E-state index contributed by atoms with van der Waals surface area (Å²) in [5, 5.41) is 3.00. The van der Waals surface area contributed by atoms with Crippen molar-refractivity contribution in [3.8, 4) is 5.75 Å². The van der Waals surface area contributed by atoms with Crippen LogP contribution in [0.25, 0.3) is 10.2 Å². The molecular weight excluding hydrogens is 419 g/mol. The number of thiazole rings is 1. The van der Waals surface area contributed by atoms with Gasteiger partial charge in [-0.2, -0.15) is 0 Å². The lowest BCUT2D eigenvalue weighted by atomic mass is 10.2. The molecule has 1 unspecified atom stereocenters. The SMILES string of the molecule is CN(C)C(COCc1ccccc1)C(=O)Nc1nc2ccc(OC(F)(F)F)cc2s1. The van der Waals surface area contributed by atoms with E-state index in [0.717, 1.165) is 16.9 Å². The number of benzene rings is 2. The van der Waals surface area contributed by atoms with Crippen molar-refractivity contribution in [2.45, 2.75) is 19.0 Å². The minimum atomic E-state index is -4.77. The number of carbonyl (C=O) groups is 1. The van der Waals surface area contributed by atoms with Gasteiger partial charge in [0.1, 0.15) is 11.8 Å². The maximum Gasteiger partial charge on any atom is 0.573 e. The van der Waals surface area contributed by atoms with Crippen LogP contribution in [-0.4, -0.2) is 48.9 Å². The molecule has 10 heteroatoms. The number of rotatable bonds is 8. The molecule has 0 aliphatic heterocycles. The van der Waals surface area contributed by atoms with Crippen molar-refractivity contribution >= 4 is 32.6 Å². The molecule has 0 aliphatic carbocycles. The molecule has 2 aromatic carbocycles. The largest absolute Gasteiger partial charge is 0.573 e. The molecule has 1 amide bonds. The summed E-state index contributed by atoms with van der Waals surface area (Å²) in [6, 6.07) is 12.9. The average molecular weight is 439 g/mol. The van der Waals surface area contributed by atoms with Gasteiger partial charge in [-0.15, -0.1) is 13.2 Å². The van der Waals surface area contributed by atoms with Gasteiger partial charge in [0, 0.05) is 6.07 Å². The van der Waals surface area contributed by atoms with Crippen LogP contribution in [0.3, 0.4) is 0 Å². The lowest BCUT2D eigenvalue weighted by Crippen LogP contribution is -2.43. The second-order valence-electron chi connectivity index (χ2n) is 6.67. The summed E-state index contributed by atoms with van der Waals surface area (Å²) in [5.41, 5.74) is 1.46. The second kappa shape index (κ2) is 9.41. The highest BCUT2D eigenvalue weighted by Gasteiger charge is 2.31. The summed E-state index contributed by atoms with van der Waals surface area (Å²) in [5.74, 6) is -0.657. The van der Waals surface area contributed by atoms with Crippen LogP contribution < -0.4 is 10.1 Å². The maximum absolute atomic E-state index is 12.7. The van der Waals surface area contributed by atoms with Gasteiger partial charge in [0.05, 0.1) is 23.4 Å². The molecule has 0 fully saturated rings. The molecule has 0 aliphatic rings. The number of amides is 1. The maximum atomic E-state index is 12.7. The zero-order valence-electron chi connectivity index (χ0n) is 16.3. The number of ether oxygens (including phenoxy) is 2. The minimum absolute atomic E-state index is 0.169. The van der Waals surface area contributed by atoms with Gasteiger partial charge >= 0.3 is 6.36 Å². The van der Waals surface area contributed by atoms with E-state index in [2.05, 4.69) is 15.0 Å². The van der Waals surface area contributed by atoms with Gasteiger partial charge in [-0.1, -0.05) is 41.7 Å². The van der Waals surface area contributed by atoms with Crippen LogP contribution in [-0.2, 0) is 16.1 Å². The van der Waals surface area contributed by atoms with Crippen LogP contribution in [0.2, 0.25) is 0 Å². The topological polar surface area (TPSA) is 63.7 Å². The monoisotopic (exact) mass is 439 g/mol. The lowest BCUT2D eigenvalue weighted by molar-refractivity contribution is -0.274. The van der Waals surface area contributed by atoms with Crippen molar-refractivity contribution in [2.75, 3.05) is 26.0 Å². The number of anilines is 1. The first-order valence-electron chi connectivity index (χ1n) is 8.96. The number of hydrogen-bond acceptors (Lipinski definition) is 6. The number of nitrogens with one attached hydrogen (secondary N) is 1. The van der Waals surface area contributed by atoms with Gasteiger partial charge < -0.3 is 14.8 Å². The average Bonchev–Trinajstić information content (AvgIpc) is 3.05. The molecule has 0 radical (unpaired) electrons. The van der Waals surface area contributed by atoms with E-state index in [1.54, 1.807) is 19.0 Å². The zero-order chi connectivity index (χ0) is 21.7. The minimum Gasteiger partial charge on any atom is -0.406 e. The third-order valence-electron chi connectivity index (χ3n) is 4.14. The van der Waals surface area contributed by atoms with Crippen molar-refractivity contribution in [2.24, 2.45) is 0 Å². The molecule has 1 heterocycles. The van der Waals surface area contributed by atoms with Gasteiger partial charge in [-0.3, -0.25) is 9.69 Å². The number of aromatic nitrogens is 1. The summed E-state index contributed by atoms with van der Waals surface area (Å²) < 4.78 is 47.2. The number of carbonyl (C=O) groups excluding carboxylic acids is 1. The van der Waals surface area contributed by atoms with Gasteiger partial charge in [-0.25, -0.2) is 4.98 Å². The molecule has 3 aromatic rings. The van der Waals surface area contributed by atoms with E-state index in [-0.39, 0.29) is 23.4 Å². The van der Waals surface area contributed by atoms with Crippen molar-refractivity contribution in [1.82, 2.24) is 9.88 Å². The third-order valence-corrected chi connectivity index (χ3v) is 5.07. The van der Waals surface area contributed by atoms with E-state index in [1.165, 1.54) is 18.2 Å². The highest BCUT2D eigenvalue weighted by molar-refractivity contribution is 7.22. The smallest absolute Gasteiger partial charge is 0.406 e. The highest BCUT2D eigenvalue weighted by atomic mass is 32.1. The first-order chi connectivity index (χ1) is 14.2. The van der Waals surface area contributed by atoms with Crippen molar-refractivity contribution < 1.29 is 27.4 Å². The van der Waals surface area contributed by atoms with Crippen LogP contribution in [0.4, 0.5) is 18.3 Å². The Morgan fingerprint density at radius 1 is 1.20 bits per heavy atom. The number of nitrogens with zero attached hydrogens (tertiary/aromatic N) is 2. The van der Waals surface area contributed by atoms with E-state index in [0.29, 0.717) is 16.8 Å². The molecule has 1 atom stereocenters. The molecule has 30 heavy (non-hydrogen) atoms. The second-order valence-corrected chi connectivity index (χ2v) is 7.70. The Morgan fingerprint density at radius 3 is 2.60 bits per heavy atom. The van der Waals surface area contributed by atoms with Crippen LogP contribution >= 0.6 is 11.3 Å². The van der Waals surface area contributed by atoms with Crippen LogP contribution in [0, 0.1) is 0 Å². The molecule has 0 saturated carbocycles. The Bertz CT molecular complexity index is 993. The van der Waals surface area contributed by atoms with Gasteiger partial charge in [0.25, 0.3) is 0 Å².